The number of fused-ring (bicyclic) bond motifs is 8. The van der Waals surface area contributed by atoms with Crippen LogP contribution in [0.15, 0.2) is 146 Å². The molecule has 0 saturated carbocycles. The first-order valence-corrected chi connectivity index (χ1v) is 16.6. The maximum absolute atomic E-state index is 5.06. The van der Waals surface area contributed by atoms with Crippen LogP contribution in [0.5, 0.6) is 0 Å². The molecule has 2 aliphatic heterocycles. The first-order chi connectivity index (χ1) is 24.7. The van der Waals surface area contributed by atoms with Crippen LogP contribution < -0.4 is 20.6 Å². The fourth-order valence-electron chi connectivity index (χ4n) is 6.36. The molecule has 51 heavy (non-hydrogen) atoms. The molecule has 0 unspecified atom stereocenters. The number of rotatable bonds is 6. The van der Waals surface area contributed by atoms with E-state index in [1.807, 2.05) is 72.8 Å². The Labute approximate surface area is 308 Å². The largest absolute Gasteiger partial charge is 2.00 e. The van der Waals surface area contributed by atoms with Crippen LogP contribution in [0, 0.1) is 0 Å². The third-order valence-corrected chi connectivity index (χ3v) is 8.73. The molecule has 0 spiro atoms. The monoisotopic (exact) mass is 706 g/mol. The Hall–Kier alpha value is -6.30. The molecule has 0 atom stereocenters. The molecule has 0 saturated heterocycles. The first kappa shape index (κ1) is 31.9. The fraction of sp³-hybridized carbons (Fsp3) is 0. The summed E-state index contributed by atoms with van der Waals surface area (Å²) >= 11 is 0. The van der Waals surface area contributed by atoms with E-state index in [4.69, 9.17) is 19.9 Å². The van der Waals surface area contributed by atoms with E-state index in [0.717, 1.165) is 89.8 Å². The second-order valence-corrected chi connectivity index (χ2v) is 12.2. The summed E-state index contributed by atoms with van der Waals surface area (Å²) in [6.07, 6.45) is 8.20. The number of hydrogen-bond donors (Lipinski definition) is 2. The smallest absolute Gasteiger partial charge is 0.657 e. The molecule has 0 radical (unpaired) electrons. The van der Waals surface area contributed by atoms with Gasteiger partial charge in [-0.2, -0.15) is 0 Å². The van der Waals surface area contributed by atoms with Crippen molar-refractivity contribution in [2.24, 2.45) is 0 Å². The van der Waals surface area contributed by atoms with E-state index in [1.165, 1.54) is 0 Å². The Morgan fingerprint density at radius 3 is 1.20 bits per heavy atom. The number of anilines is 4. The van der Waals surface area contributed by atoms with Crippen LogP contribution in [-0.2, 0) is 19.5 Å². The van der Waals surface area contributed by atoms with E-state index in [0.29, 0.717) is 0 Å². The second kappa shape index (κ2) is 13.9. The van der Waals surface area contributed by atoms with E-state index in [1.54, 1.807) is 0 Å². The van der Waals surface area contributed by atoms with Crippen molar-refractivity contribution in [1.82, 2.24) is 19.9 Å². The number of hydrogen-bond acceptors (Lipinski definition) is 4. The van der Waals surface area contributed by atoms with E-state index >= 15 is 0 Å². The molecule has 9 rings (SSSR count). The van der Waals surface area contributed by atoms with Crippen LogP contribution in [0.3, 0.4) is 0 Å². The van der Waals surface area contributed by atoms with Crippen molar-refractivity contribution in [1.29, 1.82) is 0 Å². The zero-order chi connectivity index (χ0) is 33.3. The maximum Gasteiger partial charge on any atom is 2.00 e. The zero-order valence-electron chi connectivity index (χ0n) is 27.7. The number of nitrogens with one attached hydrogen (secondary N) is 2. The van der Waals surface area contributed by atoms with Gasteiger partial charge in [-0.3, -0.25) is 0 Å². The molecular weight excluding hydrogens is 678 g/mol. The van der Waals surface area contributed by atoms with E-state index < -0.39 is 0 Å². The zero-order valence-corrected chi connectivity index (χ0v) is 30.6. The molecule has 0 fully saturated rings. The molecule has 8 bridgehead atoms. The van der Waals surface area contributed by atoms with Gasteiger partial charge in [0.05, 0.1) is 22.8 Å². The molecule has 2 aliphatic rings. The van der Waals surface area contributed by atoms with Gasteiger partial charge in [0.1, 0.15) is 0 Å². The molecule has 2 N–H and O–H groups in total. The fourth-order valence-corrected chi connectivity index (χ4v) is 6.36. The molecule has 4 aromatic carbocycles. The number of benzene rings is 4. The van der Waals surface area contributed by atoms with Crippen molar-refractivity contribution in [3.8, 4) is 22.3 Å². The number of nitrogens with zero attached hydrogens (tertiary/aromatic N) is 4. The second-order valence-electron chi connectivity index (χ2n) is 12.2. The molecule has 7 heteroatoms. The summed E-state index contributed by atoms with van der Waals surface area (Å²) in [6.45, 7) is 0. The third kappa shape index (κ3) is 6.80. The van der Waals surface area contributed by atoms with Crippen LogP contribution in [0.4, 0.5) is 22.7 Å². The minimum atomic E-state index is 0. The maximum atomic E-state index is 5.06. The van der Waals surface area contributed by atoms with Crippen LogP contribution in [-0.4, -0.2) is 9.97 Å². The molecule has 7 aromatic rings. The van der Waals surface area contributed by atoms with Crippen molar-refractivity contribution in [3.63, 3.8) is 0 Å². The van der Waals surface area contributed by atoms with Gasteiger partial charge >= 0.3 is 19.5 Å². The molecule has 3 aromatic heterocycles. The van der Waals surface area contributed by atoms with Gasteiger partial charge in [-0.1, -0.05) is 97.1 Å². The molecular formula is C44H30N6Zn. The summed E-state index contributed by atoms with van der Waals surface area (Å²) in [5.74, 6) is 0. The number of aromatic nitrogens is 4. The van der Waals surface area contributed by atoms with Gasteiger partial charge in [0, 0.05) is 22.7 Å². The Morgan fingerprint density at radius 2 is 0.784 bits per heavy atom. The average molecular weight is 708 g/mol. The summed E-state index contributed by atoms with van der Waals surface area (Å²) in [6, 6.07) is 49.4. The van der Waals surface area contributed by atoms with Gasteiger partial charge in [-0.05, 0) is 95.1 Å². The predicted molar refractivity (Wildman–Crippen MR) is 207 cm³/mol. The quantitative estimate of drug-likeness (QED) is 0.168. The molecule has 0 aliphatic carbocycles. The van der Waals surface area contributed by atoms with Crippen molar-refractivity contribution < 1.29 is 19.5 Å². The standard InChI is InChI=1S/C44H30N6.Zn/c1-3-7-31(8-4-1)45-33-15-11-29(12-16-33)43-39-23-19-35(47-39)27-37-21-25-41(49-37)44(42-26-22-38(50-42)28-36-20-24-40(43)48-36)30-13-17-34(18-14-30)46-32-9-5-2-6-10-32;/h1-28,45-46H;/q-2;+2. The summed E-state index contributed by atoms with van der Waals surface area (Å²) < 4.78 is 0. The Morgan fingerprint density at radius 1 is 0.392 bits per heavy atom. The topological polar surface area (TPSA) is 78.0 Å². The van der Waals surface area contributed by atoms with Gasteiger partial charge in [0.2, 0.25) is 0 Å². The van der Waals surface area contributed by atoms with Gasteiger partial charge in [-0.25, -0.2) is 9.97 Å². The van der Waals surface area contributed by atoms with Crippen molar-refractivity contribution >= 4 is 69.1 Å². The summed E-state index contributed by atoms with van der Waals surface area (Å²) in [7, 11) is 0. The Bertz CT molecular complexity index is 2380. The van der Waals surface area contributed by atoms with Crippen LogP contribution in [0.2, 0.25) is 0 Å². The van der Waals surface area contributed by atoms with Crippen molar-refractivity contribution in [2.45, 2.75) is 0 Å². The van der Waals surface area contributed by atoms with Crippen LogP contribution in [0.1, 0.15) is 22.8 Å². The van der Waals surface area contributed by atoms with Crippen LogP contribution in [0.25, 0.3) is 68.6 Å². The minimum Gasteiger partial charge on any atom is -0.657 e. The predicted octanol–water partition coefficient (Wildman–Crippen LogP) is 10.7. The Balaban J connectivity index is 0.00000374. The molecule has 6 nitrogen and oxygen atoms in total. The van der Waals surface area contributed by atoms with Crippen molar-refractivity contribution in [3.05, 3.63) is 168 Å². The van der Waals surface area contributed by atoms with Gasteiger partial charge in [0.15, 0.2) is 0 Å². The van der Waals surface area contributed by atoms with E-state index in [2.05, 4.69) is 108 Å². The average Bonchev–Trinajstić information content (AvgIpc) is 3.98. The van der Waals surface area contributed by atoms with E-state index in [9.17, 15) is 0 Å². The normalized spacial score (nSPS) is 11.6. The summed E-state index contributed by atoms with van der Waals surface area (Å²) in [5, 5.41) is 6.94. The number of para-hydroxylation sites is 2. The first-order valence-electron chi connectivity index (χ1n) is 16.6. The van der Waals surface area contributed by atoms with Crippen molar-refractivity contribution in [2.75, 3.05) is 10.6 Å². The van der Waals surface area contributed by atoms with E-state index in [-0.39, 0.29) is 19.5 Å². The summed E-state index contributed by atoms with van der Waals surface area (Å²) in [5.41, 5.74) is 14.9. The molecule has 238 valence electrons. The Kier molecular flexibility index (Phi) is 8.71. The van der Waals surface area contributed by atoms with Crippen LogP contribution >= 0.6 is 0 Å². The third-order valence-electron chi connectivity index (χ3n) is 8.73. The van der Waals surface area contributed by atoms with Gasteiger partial charge < -0.3 is 20.6 Å². The molecule has 0 amide bonds. The van der Waals surface area contributed by atoms with Gasteiger partial charge in [-0.15, -0.1) is 22.1 Å². The van der Waals surface area contributed by atoms with Gasteiger partial charge in [0.25, 0.3) is 0 Å². The molecule has 5 heterocycles. The SMILES string of the molecule is C1=Cc2nc1cc1ccc([n-]1)c(-c1ccc(Nc3ccccc3)cc1)c1nc(cc3ccc([n-]3)c2-c2ccc(Nc3ccccc3)cc2)C=C1.[Zn+2]. The summed E-state index contributed by atoms with van der Waals surface area (Å²) in [4.78, 5) is 20.3. The minimum absolute atomic E-state index is 0.